The number of nitrogens with zero attached hydrogens (tertiary/aromatic N) is 5. The molecule has 0 saturated carbocycles. The van der Waals surface area contributed by atoms with Crippen molar-refractivity contribution in [3.8, 4) is 0 Å². The van der Waals surface area contributed by atoms with E-state index in [0.717, 1.165) is 50.3 Å². The molecule has 0 bridgehead atoms. The standard InChI is InChI=1S/C17H24N6O2/c1-12-15(22-25-21-12)9-17(24)23-6-3-4-13(5-7-23)8-14-10-20-16(18-2)11-19-14/h10-11,13H,3-9H2,1-2H3,(H,18,20)/t13-/m0/s1. The lowest BCUT2D eigenvalue weighted by Crippen LogP contribution is -2.33. The van der Waals surface area contributed by atoms with Gasteiger partial charge in [0.25, 0.3) is 0 Å². The van der Waals surface area contributed by atoms with Crippen LogP contribution in [-0.2, 0) is 17.6 Å². The largest absolute Gasteiger partial charge is 0.372 e. The van der Waals surface area contributed by atoms with Crippen LogP contribution in [0.2, 0.25) is 0 Å². The first-order valence-electron chi connectivity index (χ1n) is 8.70. The minimum atomic E-state index is 0.0950. The summed E-state index contributed by atoms with van der Waals surface area (Å²) < 4.78 is 4.67. The molecule has 1 fully saturated rings. The van der Waals surface area contributed by atoms with Gasteiger partial charge in [0.2, 0.25) is 5.91 Å². The summed E-state index contributed by atoms with van der Waals surface area (Å²) >= 11 is 0. The third-order valence-electron chi connectivity index (χ3n) is 4.72. The summed E-state index contributed by atoms with van der Waals surface area (Å²) in [6, 6.07) is 0. The first-order valence-corrected chi connectivity index (χ1v) is 8.70. The van der Waals surface area contributed by atoms with Crippen molar-refractivity contribution in [2.45, 2.75) is 39.0 Å². The zero-order chi connectivity index (χ0) is 17.6. The van der Waals surface area contributed by atoms with E-state index in [1.54, 1.807) is 13.1 Å². The van der Waals surface area contributed by atoms with Gasteiger partial charge in [-0.2, -0.15) is 0 Å². The van der Waals surface area contributed by atoms with E-state index in [1.807, 2.05) is 18.1 Å². The van der Waals surface area contributed by atoms with E-state index in [1.165, 1.54) is 0 Å². The van der Waals surface area contributed by atoms with Gasteiger partial charge in [-0.15, -0.1) is 0 Å². The summed E-state index contributed by atoms with van der Waals surface area (Å²) in [6.07, 6.45) is 7.86. The molecule has 0 radical (unpaired) electrons. The van der Waals surface area contributed by atoms with Crippen molar-refractivity contribution in [2.24, 2.45) is 5.92 Å². The Hall–Kier alpha value is -2.51. The molecule has 8 heteroatoms. The third-order valence-corrected chi connectivity index (χ3v) is 4.72. The average Bonchev–Trinajstić information content (AvgIpc) is 2.88. The molecule has 1 N–H and O–H groups in total. The molecule has 1 aliphatic rings. The SMILES string of the molecule is CNc1cnc(C[C@H]2CCCN(C(=O)Cc3nonc3C)CC2)cn1. The number of anilines is 1. The predicted octanol–water partition coefficient (Wildman–Crippen LogP) is 1.62. The van der Waals surface area contributed by atoms with Crippen LogP contribution in [0.25, 0.3) is 0 Å². The van der Waals surface area contributed by atoms with Gasteiger partial charge in [-0.05, 0) is 38.5 Å². The Bertz CT molecular complexity index is 699. The number of hydrogen-bond acceptors (Lipinski definition) is 7. The van der Waals surface area contributed by atoms with Crippen LogP contribution in [0.15, 0.2) is 17.0 Å². The molecule has 3 heterocycles. The van der Waals surface area contributed by atoms with Gasteiger partial charge < -0.3 is 10.2 Å². The van der Waals surface area contributed by atoms with E-state index in [0.29, 0.717) is 17.3 Å². The highest BCUT2D eigenvalue weighted by Crippen LogP contribution is 2.22. The monoisotopic (exact) mass is 344 g/mol. The smallest absolute Gasteiger partial charge is 0.228 e. The molecule has 3 rings (SSSR count). The molecule has 0 aliphatic carbocycles. The number of aryl methyl sites for hydroxylation is 1. The Morgan fingerprint density at radius 3 is 2.84 bits per heavy atom. The van der Waals surface area contributed by atoms with Crippen LogP contribution < -0.4 is 5.32 Å². The molecule has 0 aromatic carbocycles. The number of rotatable bonds is 5. The van der Waals surface area contributed by atoms with Gasteiger partial charge in [0.1, 0.15) is 17.2 Å². The second-order valence-electron chi connectivity index (χ2n) is 6.50. The fraction of sp³-hybridized carbons (Fsp3) is 0.588. The van der Waals surface area contributed by atoms with Crippen LogP contribution in [-0.4, -0.2) is 51.2 Å². The lowest BCUT2D eigenvalue weighted by Gasteiger charge is -2.20. The lowest BCUT2D eigenvalue weighted by atomic mass is 9.95. The predicted molar refractivity (Wildman–Crippen MR) is 91.9 cm³/mol. The maximum Gasteiger partial charge on any atom is 0.228 e. The van der Waals surface area contributed by atoms with Crippen molar-refractivity contribution in [1.82, 2.24) is 25.2 Å². The van der Waals surface area contributed by atoms with Crippen LogP contribution in [0.5, 0.6) is 0 Å². The average molecular weight is 344 g/mol. The van der Waals surface area contributed by atoms with E-state index < -0.39 is 0 Å². The molecule has 134 valence electrons. The molecule has 8 nitrogen and oxygen atoms in total. The molecule has 1 atom stereocenters. The Kier molecular flexibility index (Phi) is 5.57. The van der Waals surface area contributed by atoms with Crippen LogP contribution >= 0.6 is 0 Å². The summed E-state index contributed by atoms with van der Waals surface area (Å²) in [6.45, 7) is 3.37. The topological polar surface area (TPSA) is 97.0 Å². The van der Waals surface area contributed by atoms with Crippen molar-refractivity contribution in [2.75, 3.05) is 25.5 Å². The van der Waals surface area contributed by atoms with Gasteiger partial charge in [0.15, 0.2) is 0 Å². The van der Waals surface area contributed by atoms with E-state index in [2.05, 4.69) is 30.2 Å². The molecule has 2 aromatic rings. The number of amides is 1. The van der Waals surface area contributed by atoms with E-state index in [9.17, 15) is 4.79 Å². The van der Waals surface area contributed by atoms with Crippen molar-refractivity contribution in [3.05, 3.63) is 29.5 Å². The van der Waals surface area contributed by atoms with Gasteiger partial charge in [0, 0.05) is 20.1 Å². The van der Waals surface area contributed by atoms with Gasteiger partial charge >= 0.3 is 0 Å². The molecule has 0 spiro atoms. The molecule has 1 aliphatic heterocycles. The summed E-state index contributed by atoms with van der Waals surface area (Å²) in [5.74, 6) is 1.40. The molecule has 2 aromatic heterocycles. The quantitative estimate of drug-likeness (QED) is 0.880. The Labute approximate surface area is 147 Å². The summed E-state index contributed by atoms with van der Waals surface area (Å²) in [7, 11) is 1.83. The van der Waals surface area contributed by atoms with E-state index in [-0.39, 0.29) is 12.3 Å². The van der Waals surface area contributed by atoms with Crippen LogP contribution in [0.4, 0.5) is 5.82 Å². The molecule has 25 heavy (non-hydrogen) atoms. The Morgan fingerprint density at radius 1 is 1.28 bits per heavy atom. The number of carbonyl (C=O) groups is 1. The normalized spacial score (nSPS) is 18.0. The maximum absolute atomic E-state index is 12.5. The minimum absolute atomic E-state index is 0.0950. The fourth-order valence-electron chi connectivity index (χ4n) is 3.17. The summed E-state index contributed by atoms with van der Waals surface area (Å²) in [5, 5.41) is 10.5. The van der Waals surface area contributed by atoms with E-state index >= 15 is 0 Å². The van der Waals surface area contributed by atoms with Crippen LogP contribution in [0.1, 0.15) is 36.3 Å². The van der Waals surface area contributed by atoms with Gasteiger partial charge in [-0.1, -0.05) is 10.3 Å². The van der Waals surface area contributed by atoms with Crippen molar-refractivity contribution in [1.29, 1.82) is 0 Å². The van der Waals surface area contributed by atoms with Gasteiger partial charge in [0.05, 0.1) is 24.5 Å². The Balaban J connectivity index is 1.52. The van der Waals surface area contributed by atoms with E-state index in [4.69, 9.17) is 0 Å². The zero-order valence-electron chi connectivity index (χ0n) is 14.7. The highest BCUT2D eigenvalue weighted by Gasteiger charge is 2.22. The third kappa shape index (κ3) is 4.52. The van der Waals surface area contributed by atoms with Crippen molar-refractivity contribution in [3.63, 3.8) is 0 Å². The van der Waals surface area contributed by atoms with Crippen molar-refractivity contribution >= 4 is 11.7 Å². The highest BCUT2D eigenvalue weighted by molar-refractivity contribution is 5.78. The number of likely N-dealkylation sites (tertiary alicyclic amines) is 1. The van der Waals surface area contributed by atoms with Crippen LogP contribution in [0, 0.1) is 12.8 Å². The second-order valence-corrected chi connectivity index (χ2v) is 6.50. The van der Waals surface area contributed by atoms with Gasteiger partial charge in [-0.3, -0.25) is 9.78 Å². The minimum Gasteiger partial charge on any atom is -0.372 e. The molecule has 1 amide bonds. The summed E-state index contributed by atoms with van der Waals surface area (Å²) in [5.41, 5.74) is 2.32. The highest BCUT2D eigenvalue weighted by atomic mass is 16.6. The molecular weight excluding hydrogens is 320 g/mol. The second kappa shape index (κ2) is 8.04. The first-order chi connectivity index (χ1) is 12.2. The zero-order valence-corrected chi connectivity index (χ0v) is 14.7. The van der Waals surface area contributed by atoms with Crippen LogP contribution in [0.3, 0.4) is 0 Å². The first kappa shape index (κ1) is 17.3. The number of nitrogens with one attached hydrogen (secondary N) is 1. The number of aromatic nitrogens is 4. The maximum atomic E-state index is 12.5. The summed E-state index contributed by atoms with van der Waals surface area (Å²) in [4.78, 5) is 23.2. The molecular formula is C17H24N6O2. The number of hydrogen-bond donors (Lipinski definition) is 1. The molecule has 1 saturated heterocycles. The lowest BCUT2D eigenvalue weighted by molar-refractivity contribution is -0.130. The fourth-order valence-corrected chi connectivity index (χ4v) is 3.17. The Morgan fingerprint density at radius 2 is 2.16 bits per heavy atom. The molecule has 0 unspecified atom stereocenters. The van der Waals surface area contributed by atoms with Gasteiger partial charge in [-0.25, -0.2) is 9.61 Å². The van der Waals surface area contributed by atoms with Crippen molar-refractivity contribution < 1.29 is 9.42 Å². The number of carbonyl (C=O) groups excluding carboxylic acids is 1.